The molecule has 36 heteroatoms. The highest BCUT2D eigenvalue weighted by Crippen LogP contribution is 2.46. The fraction of sp³-hybridized carbons (Fsp3) is 0.656. The van der Waals surface area contributed by atoms with Crippen LogP contribution in [0.25, 0.3) is 0 Å². The molecule has 7 amide bonds. The van der Waals surface area contributed by atoms with Crippen molar-refractivity contribution in [2.24, 2.45) is 71.0 Å². The molecule has 12 saturated heterocycles. The summed E-state index contributed by atoms with van der Waals surface area (Å²) in [5, 5.41) is 56.6. The molecular weight excluding hydrogens is 1640 g/mol. The number of esters is 1. The highest BCUT2D eigenvalue weighted by molar-refractivity contribution is 5.91. The van der Waals surface area contributed by atoms with Gasteiger partial charge in [0.2, 0.25) is 35.4 Å². The third-order valence-electron chi connectivity index (χ3n) is 27.5. The van der Waals surface area contributed by atoms with Crippen LogP contribution in [0.3, 0.4) is 0 Å². The van der Waals surface area contributed by atoms with Crippen LogP contribution in [0.4, 0.5) is 4.79 Å². The number of methoxy groups -OCH3 is 1. The number of piperidine rings is 2. The Morgan fingerprint density at radius 2 is 0.579 bits per heavy atom. The van der Waals surface area contributed by atoms with Crippen molar-refractivity contribution in [3.63, 3.8) is 0 Å². The largest absolute Gasteiger partial charge is 0.550 e. The van der Waals surface area contributed by atoms with Crippen molar-refractivity contribution in [3.8, 4) is 0 Å². The topological polar surface area (TPSA) is 445 Å². The summed E-state index contributed by atoms with van der Waals surface area (Å²) in [5.74, 6) is -15.4. The predicted octanol–water partition coefficient (Wildman–Crippen LogP) is -5.77. The molecule has 126 heavy (non-hydrogen) atoms. The molecule has 24 atom stereocenters. The Morgan fingerprint density at radius 1 is 0.333 bits per heavy atom. The second-order valence-electron chi connectivity index (χ2n) is 36.3. The van der Waals surface area contributed by atoms with Crippen LogP contribution >= 0.6 is 0 Å². The van der Waals surface area contributed by atoms with Crippen LogP contribution in [0.2, 0.25) is 0 Å². The molecule has 18 aliphatic rings. The second kappa shape index (κ2) is 40.3. The second-order valence-corrected chi connectivity index (χ2v) is 36.3. The molecule has 12 unspecified atom stereocenters. The molecule has 686 valence electrons. The molecule has 36 nitrogen and oxygen atoms in total. The molecule has 0 saturated carbocycles. The quantitative estimate of drug-likeness (QED) is 0.126. The van der Waals surface area contributed by atoms with Crippen LogP contribution in [0.15, 0.2) is 103 Å². The smallest absolute Gasteiger partial charge is 0.410 e. The lowest BCUT2D eigenvalue weighted by molar-refractivity contribution is -0.883. The Bertz CT molecular complexity index is 4360. The van der Waals surface area contributed by atoms with E-state index in [1.165, 1.54) is 24.0 Å². The Labute approximate surface area is 731 Å². The number of rotatable bonds is 15. The minimum Gasteiger partial charge on any atom is -0.550 e. The van der Waals surface area contributed by atoms with Crippen molar-refractivity contribution in [3.05, 3.63) is 109 Å². The van der Waals surface area contributed by atoms with Gasteiger partial charge in [-0.2, -0.15) is 0 Å². The summed E-state index contributed by atoms with van der Waals surface area (Å²) in [4.78, 5) is 174. The standard InChI is InChI=1S/C19H22N2O4.C17H24N2O6.C14H20N2O4.C14H19NO4.C13H18N2O4.C13H17NO4/c22-18(16-14-6-7-15(25-14)17(16)19(23)24)21-10-8-20(9-11-21)12-13-4-2-1-3-5-13;1-17(2,3)25-16(23)19-8-6-18(7-9-19)14(20)12-10-4-5-11(24-10)13(12)15(21)22;1-2-15-5-7-16(8-6-15)13(17)11-9-3-4-10(20-9)12(11)14(18)19;1-18-14(17)12-10-6-5-9(19-10)11(12)13(16)15-7-3-2-4-8-15;1-14-4-6-15(7-5-14)12(16)10-8-2-3-9(19-8)11(10)13(17)18;15-12(14-6-2-1-3-7-14)10-8-4-5-9(18-8)11(10)13(16)17/h1-7,14-17H,8-12H2,(H,23,24);4-5,10-13H,6-9H2,1-3H3,(H,21,22);3-4,9-12H,2,5-8H2,1H3,(H,18,19);5-6,9-12H,2-4,7-8H2,1H3;2-3,8-11H,4-7H2,1H3,(H,17,18);4-5,8-11H,1-3,6-7H2,(H,16,17)/p-4/t14-,15+,16?,17?;10-,11+,12?,13?;2*9-,10+,11?,12?;2*8-,9+,10?,11?/m000000/s1. The van der Waals surface area contributed by atoms with E-state index in [2.05, 4.69) is 35.9 Å². The van der Waals surface area contributed by atoms with E-state index in [-0.39, 0.29) is 59.7 Å². The van der Waals surface area contributed by atoms with Gasteiger partial charge < -0.3 is 131 Å². The highest BCUT2D eigenvalue weighted by Gasteiger charge is 2.58. The van der Waals surface area contributed by atoms with Crippen molar-refractivity contribution < 1.29 is 131 Å². The molecule has 18 heterocycles. The Balaban J connectivity index is 0.000000123. The van der Waals surface area contributed by atoms with Gasteiger partial charge in [0.15, 0.2) is 0 Å². The van der Waals surface area contributed by atoms with E-state index in [0.29, 0.717) is 65.4 Å². The maximum absolute atomic E-state index is 12.9. The van der Waals surface area contributed by atoms with Crippen LogP contribution in [0.5, 0.6) is 0 Å². The summed E-state index contributed by atoms with van der Waals surface area (Å²) in [7, 11) is 3.45. The van der Waals surface area contributed by atoms with Crippen LogP contribution in [-0.2, 0) is 102 Å². The molecule has 0 aromatic heterocycles. The van der Waals surface area contributed by atoms with E-state index in [9.17, 15) is 87.9 Å². The van der Waals surface area contributed by atoms with E-state index in [1.54, 1.807) is 111 Å². The van der Waals surface area contributed by atoms with E-state index >= 15 is 0 Å². The van der Waals surface area contributed by atoms with Crippen molar-refractivity contribution in [2.75, 3.05) is 152 Å². The van der Waals surface area contributed by atoms with Crippen LogP contribution in [0.1, 0.15) is 71.8 Å². The zero-order chi connectivity index (χ0) is 89.7. The molecule has 1 aromatic carbocycles. The summed E-state index contributed by atoms with van der Waals surface area (Å²) in [6.45, 7) is 22.8. The Hall–Kier alpha value is -9.79. The summed E-state index contributed by atoms with van der Waals surface area (Å²) < 4.78 is 43.5. The lowest BCUT2D eigenvalue weighted by Gasteiger charge is -2.38. The number of carboxylic acids is 5. The van der Waals surface area contributed by atoms with Gasteiger partial charge in [0.05, 0.1) is 149 Å². The molecule has 12 fully saturated rings. The van der Waals surface area contributed by atoms with Crippen LogP contribution in [0, 0.1) is 71.0 Å². The fourth-order valence-electron chi connectivity index (χ4n) is 20.7. The third-order valence-corrected chi connectivity index (χ3v) is 27.5. The fourth-order valence-corrected chi connectivity index (χ4v) is 20.7. The molecule has 0 aliphatic carbocycles. The number of carbonyl (C=O) groups is 13. The number of aliphatic carboxylic acids is 5. The van der Waals surface area contributed by atoms with Gasteiger partial charge in [-0.3, -0.25) is 38.5 Å². The lowest BCUT2D eigenvalue weighted by Crippen LogP contribution is -3.12. The Kier molecular flexibility index (Phi) is 29.5. The van der Waals surface area contributed by atoms with E-state index in [1.807, 2.05) is 35.3 Å². The summed E-state index contributed by atoms with van der Waals surface area (Å²) >= 11 is 0. The van der Waals surface area contributed by atoms with Crippen LogP contribution in [-0.4, -0.2) is 352 Å². The average molecular weight is 1750 g/mol. The molecule has 12 bridgehead atoms. The monoisotopic (exact) mass is 1750 g/mol. The minimum absolute atomic E-state index is 0.0481. The third kappa shape index (κ3) is 20.2. The van der Waals surface area contributed by atoms with Crippen molar-refractivity contribution >= 4 is 77.4 Å². The van der Waals surface area contributed by atoms with Gasteiger partial charge in [-0.1, -0.05) is 110 Å². The van der Waals surface area contributed by atoms with Gasteiger partial charge >= 0.3 is 12.1 Å². The molecule has 0 radical (unpaired) electrons. The predicted molar refractivity (Wildman–Crippen MR) is 431 cm³/mol. The number of carboxylic acid groups (broad SMARTS) is 5. The van der Waals surface area contributed by atoms with Gasteiger partial charge in [0.1, 0.15) is 11.5 Å². The van der Waals surface area contributed by atoms with Crippen molar-refractivity contribution in [1.82, 2.24) is 44.1 Å². The number of benzene rings is 1. The number of hydrogen-bond acceptors (Lipinski definition) is 28. The van der Waals surface area contributed by atoms with Gasteiger partial charge in [0, 0.05) is 171 Å². The molecule has 0 spiro atoms. The summed E-state index contributed by atoms with van der Waals surface area (Å²) in [6, 6.07) is 10.2. The zero-order valence-corrected chi connectivity index (χ0v) is 72.1. The molecule has 19 rings (SSSR count). The van der Waals surface area contributed by atoms with E-state index in [4.69, 9.17) is 37.9 Å². The summed E-state index contributed by atoms with van der Waals surface area (Å²) in [6.07, 6.45) is 22.0. The first-order valence-electron chi connectivity index (χ1n) is 44.6. The number of likely N-dealkylation sites (N-methyl/N-ethyl adjacent to an activating group) is 2. The number of carbonyl (C=O) groups excluding carboxylic acids is 13. The first kappa shape index (κ1) is 92.4. The lowest BCUT2D eigenvalue weighted by atomic mass is 9.81. The molecular formula is C90H116N10O26-4. The number of hydrogen-bond donors (Lipinski definition) is 1. The summed E-state index contributed by atoms with van der Waals surface area (Å²) in [5.41, 5.74) is 0.685. The van der Waals surface area contributed by atoms with Crippen molar-refractivity contribution in [1.29, 1.82) is 0 Å². The number of likely N-dealkylation sites (tertiary alicyclic amines) is 2. The zero-order valence-electron chi connectivity index (χ0n) is 72.1. The molecule has 18 aliphatic heterocycles. The normalized spacial score (nSPS) is 34.9. The molecule has 1 aromatic rings. The minimum atomic E-state index is -1.26. The maximum Gasteiger partial charge on any atom is 0.410 e. The highest BCUT2D eigenvalue weighted by atomic mass is 16.6. The van der Waals surface area contributed by atoms with Gasteiger partial charge in [0.25, 0.3) is 0 Å². The van der Waals surface area contributed by atoms with Crippen molar-refractivity contribution in [2.45, 2.75) is 152 Å². The average Bonchev–Trinajstić information content (AvgIpc) is 1.64. The first-order valence-corrected chi connectivity index (χ1v) is 44.6. The number of quaternary nitrogens is 1. The number of piperazine rings is 4. The van der Waals surface area contributed by atoms with Gasteiger partial charge in [-0.05, 0) is 71.4 Å². The number of nitrogens with zero attached hydrogens (tertiary/aromatic N) is 9. The van der Waals surface area contributed by atoms with Gasteiger partial charge in [-0.25, -0.2) is 4.79 Å². The SMILES string of the molecule is CC(C)(C)OC(=O)N1CCN(C(=O)C2C(C(=O)[O-])[C@H]3C=C[C@@H]2O3)CC1.CCN1CCN(C(=O)C2C(C(=O)[O-])[C@H]3C=C[C@@H]2O3)CC1.COC(=O)C1C(C(=O)N2CCCCC2)[C@@H]2C=C[C@H]1O2.C[NH+]1CCN(C(=O)C2C(C(=O)[O-])[C@H]3C=C[C@@H]2O3)CC1.O=C([O-])C1C(C(=O)N2CCCCC2)[C@@H]2C=C[C@H]1O2.O=C([O-])C1C(C(=O)N2CCN(Cc3ccccc3)CC2)[C@@H]2C=C[C@H]1O2. The Morgan fingerprint density at radius 3 is 0.857 bits per heavy atom. The first-order chi connectivity index (χ1) is 60.4. The number of fused-ring (bicyclic) bond motifs is 12. The van der Waals surface area contributed by atoms with Gasteiger partial charge in [-0.15, -0.1) is 0 Å². The number of ether oxygens (including phenoxy) is 8. The number of amides is 7. The van der Waals surface area contributed by atoms with E-state index in [0.717, 1.165) is 111 Å². The number of nitrogens with one attached hydrogen (secondary N) is 1. The van der Waals surface area contributed by atoms with E-state index < -0.39 is 167 Å². The molecule has 1 N–H and O–H groups in total. The maximum atomic E-state index is 12.9. The van der Waals surface area contributed by atoms with Crippen LogP contribution < -0.4 is 30.4 Å².